The minimum Gasteiger partial charge on any atom is -0.497 e. The van der Waals surface area contributed by atoms with Crippen LogP contribution in [0.4, 0.5) is 11.4 Å². The van der Waals surface area contributed by atoms with Crippen molar-refractivity contribution in [3.8, 4) is 5.75 Å². The number of carbonyl (C=O) groups is 1. The van der Waals surface area contributed by atoms with Gasteiger partial charge in [-0.25, -0.2) is 0 Å². The number of fused-ring (bicyclic) bond motifs is 1. The van der Waals surface area contributed by atoms with Gasteiger partial charge in [-0.3, -0.25) is 4.79 Å². The number of para-hydroxylation sites is 2. The summed E-state index contributed by atoms with van der Waals surface area (Å²) >= 11 is 1.68. The molecule has 0 fully saturated rings. The topological polar surface area (TPSA) is 50.4 Å². The first kappa shape index (κ1) is 18.0. The van der Waals surface area contributed by atoms with Gasteiger partial charge in [0.15, 0.2) is 5.78 Å². The minimum absolute atomic E-state index is 0.125. The highest BCUT2D eigenvalue weighted by Crippen LogP contribution is 2.45. The molecule has 2 N–H and O–H groups in total. The molecule has 2 atom stereocenters. The van der Waals surface area contributed by atoms with Crippen LogP contribution < -0.4 is 15.4 Å². The average Bonchev–Trinajstić information content (AvgIpc) is 3.22. The Kier molecular flexibility index (Phi) is 4.60. The fourth-order valence-electron chi connectivity index (χ4n) is 4.29. The first-order valence-corrected chi connectivity index (χ1v) is 10.7. The Hall–Kier alpha value is -3.05. The van der Waals surface area contributed by atoms with Gasteiger partial charge in [-0.2, -0.15) is 0 Å². The van der Waals surface area contributed by atoms with Crippen LogP contribution in [0.1, 0.15) is 35.2 Å². The van der Waals surface area contributed by atoms with Crippen molar-refractivity contribution in [1.82, 2.24) is 0 Å². The normalized spacial score (nSPS) is 20.8. The summed E-state index contributed by atoms with van der Waals surface area (Å²) in [7, 11) is 1.67. The zero-order valence-corrected chi connectivity index (χ0v) is 17.0. The number of rotatable bonds is 3. The molecule has 2 aromatic carbocycles. The molecule has 0 saturated carbocycles. The molecule has 29 heavy (non-hydrogen) atoms. The fourth-order valence-corrected chi connectivity index (χ4v) is 5.08. The van der Waals surface area contributed by atoms with E-state index in [0.717, 1.165) is 45.3 Å². The molecule has 146 valence electrons. The summed E-state index contributed by atoms with van der Waals surface area (Å²) in [6.45, 7) is 0. The van der Waals surface area contributed by atoms with E-state index in [1.807, 2.05) is 36.4 Å². The Labute approximate surface area is 174 Å². The molecule has 1 aromatic heterocycles. The van der Waals surface area contributed by atoms with Gasteiger partial charge >= 0.3 is 0 Å². The van der Waals surface area contributed by atoms with Crippen LogP contribution in [0.5, 0.6) is 5.75 Å². The van der Waals surface area contributed by atoms with Gasteiger partial charge in [0.25, 0.3) is 0 Å². The van der Waals surface area contributed by atoms with Crippen molar-refractivity contribution in [2.45, 2.75) is 24.8 Å². The standard InChI is InChI=1S/C24H22N2O2S/c1-28-17-7-4-6-15(12-17)16-13-20-23(21(27)14-16)24(22-10-5-11-29-22)26-19-9-3-2-8-18(19)25-20/h2-12,16,24-26H,13-14H2,1H3/t16-,24-/m0/s1. The number of Topliss-reactive ketones (excluding diaryl/α,β-unsaturated/α-hetero) is 1. The number of anilines is 2. The molecule has 0 saturated heterocycles. The van der Waals surface area contributed by atoms with Crippen LogP contribution in [-0.2, 0) is 4.79 Å². The summed E-state index contributed by atoms with van der Waals surface area (Å²) in [5.74, 6) is 1.16. The van der Waals surface area contributed by atoms with Crippen LogP contribution >= 0.6 is 11.3 Å². The van der Waals surface area contributed by atoms with Crippen molar-refractivity contribution in [3.63, 3.8) is 0 Å². The molecule has 0 spiro atoms. The van der Waals surface area contributed by atoms with Crippen molar-refractivity contribution in [2.24, 2.45) is 0 Å². The summed E-state index contributed by atoms with van der Waals surface area (Å²) < 4.78 is 5.39. The number of hydrogen-bond acceptors (Lipinski definition) is 5. The maximum atomic E-state index is 13.4. The molecule has 1 aliphatic heterocycles. The third-order valence-electron chi connectivity index (χ3n) is 5.70. The highest BCUT2D eigenvalue weighted by atomic mass is 32.1. The maximum absolute atomic E-state index is 13.4. The molecule has 2 heterocycles. The molecule has 5 heteroatoms. The number of methoxy groups -OCH3 is 1. The quantitative estimate of drug-likeness (QED) is 0.587. The summed E-state index contributed by atoms with van der Waals surface area (Å²) in [6.07, 6.45) is 1.31. The second-order valence-electron chi connectivity index (χ2n) is 7.46. The lowest BCUT2D eigenvalue weighted by Crippen LogP contribution is -2.26. The van der Waals surface area contributed by atoms with Gasteiger partial charge in [0.05, 0.1) is 24.5 Å². The number of thiophene rings is 1. The number of benzene rings is 2. The third kappa shape index (κ3) is 3.32. The van der Waals surface area contributed by atoms with E-state index in [1.54, 1.807) is 18.4 Å². The predicted octanol–water partition coefficient (Wildman–Crippen LogP) is 5.74. The molecule has 2 aliphatic rings. The van der Waals surface area contributed by atoms with Crippen molar-refractivity contribution >= 4 is 28.5 Å². The zero-order chi connectivity index (χ0) is 19.8. The van der Waals surface area contributed by atoms with Crippen LogP contribution in [0, 0.1) is 0 Å². The molecule has 0 radical (unpaired) electrons. The smallest absolute Gasteiger partial charge is 0.163 e. The monoisotopic (exact) mass is 402 g/mol. The van der Waals surface area contributed by atoms with E-state index in [2.05, 4.69) is 40.3 Å². The van der Waals surface area contributed by atoms with Gasteiger partial charge in [0, 0.05) is 22.6 Å². The van der Waals surface area contributed by atoms with Crippen molar-refractivity contribution in [3.05, 3.63) is 87.8 Å². The Bertz CT molecular complexity index is 1090. The number of ether oxygens (including phenoxy) is 1. The minimum atomic E-state index is -0.125. The first-order valence-electron chi connectivity index (χ1n) is 9.79. The summed E-state index contributed by atoms with van der Waals surface area (Å²) in [5, 5.41) is 9.26. The van der Waals surface area contributed by atoms with Crippen LogP contribution in [-0.4, -0.2) is 12.9 Å². The third-order valence-corrected chi connectivity index (χ3v) is 6.64. The second kappa shape index (κ2) is 7.41. The van der Waals surface area contributed by atoms with Gasteiger partial charge in [0.2, 0.25) is 0 Å². The Balaban J connectivity index is 1.58. The molecule has 0 amide bonds. The fraction of sp³-hybridized carbons (Fsp3) is 0.208. The van der Waals surface area contributed by atoms with Crippen LogP contribution in [0.15, 0.2) is 77.3 Å². The van der Waals surface area contributed by atoms with E-state index in [1.165, 1.54) is 0 Å². The maximum Gasteiger partial charge on any atom is 0.163 e. The Morgan fingerprint density at radius 1 is 1.00 bits per heavy atom. The predicted molar refractivity (Wildman–Crippen MR) is 118 cm³/mol. The van der Waals surface area contributed by atoms with Gasteiger partial charge in [-0.15, -0.1) is 11.3 Å². The molecule has 5 rings (SSSR count). The van der Waals surface area contributed by atoms with Gasteiger partial charge in [-0.05, 0) is 53.6 Å². The highest BCUT2D eigenvalue weighted by Gasteiger charge is 2.36. The summed E-state index contributed by atoms with van der Waals surface area (Å²) in [6, 6.07) is 20.2. The largest absolute Gasteiger partial charge is 0.497 e. The molecular weight excluding hydrogens is 380 g/mol. The van der Waals surface area contributed by atoms with E-state index in [-0.39, 0.29) is 17.7 Å². The lowest BCUT2D eigenvalue weighted by molar-refractivity contribution is -0.116. The van der Waals surface area contributed by atoms with Gasteiger partial charge in [-0.1, -0.05) is 30.3 Å². The van der Waals surface area contributed by atoms with Crippen molar-refractivity contribution < 1.29 is 9.53 Å². The van der Waals surface area contributed by atoms with Gasteiger partial charge < -0.3 is 15.4 Å². The molecule has 0 unspecified atom stereocenters. The molecule has 3 aromatic rings. The first-order chi connectivity index (χ1) is 14.2. The number of nitrogens with one attached hydrogen (secondary N) is 2. The lowest BCUT2D eigenvalue weighted by atomic mass is 9.79. The molecule has 4 nitrogen and oxygen atoms in total. The summed E-state index contributed by atoms with van der Waals surface area (Å²) in [5.41, 5.74) is 5.06. The van der Waals surface area contributed by atoms with Crippen LogP contribution in [0.25, 0.3) is 0 Å². The van der Waals surface area contributed by atoms with E-state index in [0.29, 0.717) is 6.42 Å². The van der Waals surface area contributed by atoms with Crippen molar-refractivity contribution in [1.29, 1.82) is 0 Å². The Morgan fingerprint density at radius 2 is 1.86 bits per heavy atom. The number of allylic oxidation sites excluding steroid dienone is 1. The van der Waals surface area contributed by atoms with E-state index in [9.17, 15) is 4.79 Å². The van der Waals surface area contributed by atoms with E-state index in [4.69, 9.17) is 4.74 Å². The Morgan fingerprint density at radius 3 is 2.66 bits per heavy atom. The van der Waals surface area contributed by atoms with Gasteiger partial charge in [0.1, 0.15) is 5.75 Å². The van der Waals surface area contributed by atoms with Crippen molar-refractivity contribution in [2.75, 3.05) is 17.7 Å². The highest BCUT2D eigenvalue weighted by molar-refractivity contribution is 7.10. The zero-order valence-electron chi connectivity index (χ0n) is 16.1. The number of hydrogen-bond donors (Lipinski definition) is 2. The van der Waals surface area contributed by atoms with Crippen LogP contribution in [0.3, 0.4) is 0 Å². The number of ketones is 1. The average molecular weight is 403 g/mol. The van der Waals surface area contributed by atoms with E-state index >= 15 is 0 Å². The van der Waals surface area contributed by atoms with Crippen LogP contribution in [0.2, 0.25) is 0 Å². The van der Waals surface area contributed by atoms with E-state index < -0.39 is 0 Å². The molecule has 1 aliphatic carbocycles. The summed E-state index contributed by atoms with van der Waals surface area (Å²) in [4.78, 5) is 14.6. The SMILES string of the molecule is COc1cccc([C@@H]2CC(=O)C3=C(C2)Nc2ccccc2N[C@H]3c2cccs2)c1. The second-order valence-corrected chi connectivity index (χ2v) is 8.44. The molecular formula is C24H22N2O2S. The number of carbonyl (C=O) groups excluding carboxylic acids is 1. The molecule has 0 bridgehead atoms. The lowest BCUT2D eigenvalue weighted by Gasteiger charge is -2.29.